The Morgan fingerprint density at radius 1 is 0.719 bits per heavy atom. The SMILES string of the molecule is C[C@H]1O[C@@H](O[C@@H]2[C@H](O[C@@H]3CC[C@@]4(C)[C@H](CC[C@]5(C)[C@@H]4CC=C4[C@@H]6CC(C)(C)CC[C@@]6(C(=O)O)CC[C@@]45C)[C@@]3(C)CO)OC[C@@H](O[C@H]3O[C@@H](CO)[C@H](O)[C@@H](O)[C@@H]3O)[C@@H]2O)[C@H](O)[C@H](O)[C@@H]1O. The fourth-order valence-electron chi connectivity index (χ4n) is 14.8. The van der Waals surface area contributed by atoms with Crippen LogP contribution in [0.5, 0.6) is 0 Å². The van der Waals surface area contributed by atoms with E-state index in [4.69, 9.17) is 28.4 Å². The van der Waals surface area contributed by atoms with Gasteiger partial charge in [0, 0.05) is 5.41 Å². The maximum absolute atomic E-state index is 13.1. The summed E-state index contributed by atoms with van der Waals surface area (Å²) in [6.07, 6.45) is -11.7. The monoisotopic (exact) mass is 913 g/mol. The lowest BCUT2D eigenvalue weighted by molar-refractivity contribution is -0.381. The molecule has 0 aromatic carbocycles. The first-order valence-electron chi connectivity index (χ1n) is 23.7. The summed E-state index contributed by atoms with van der Waals surface area (Å²) < 4.78 is 36.5. The van der Waals surface area contributed by atoms with Gasteiger partial charge in [-0.2, -0.15) is 0 Å². The Balaban J connectivity index is 1.05. The van der Waals surface area contributed by atoms with E-state index >= 15 is 0 Å². The Morgan fingerprint density at radius 2 is 1.38 bits per heavy atom. The van der Waals surface area contributed by atoms with E-state index in [1.54, 1.807) is 0 Å². The zero-order valence-corrected chi connectivity index (χ0v) is 38.5. The van der Waals surface area contributed by atoms with Gasteiger partial charge in [0.1, 0.15) is 61.0 Å². The van der Waals surface area contributed by atoms with Gasteiger partial charge in [0.2, 0.25) is 0 Å². The van der Waals surface area contributed by atoms with Crippen LogP contribution in [0.15, 0.2) is 11.6 Å². The number of carbonyl (C=O) groups is 1. The molecular formula is C47H76O17. The average molecular weight is 913 g/mol. The number of aliphatic hydroxyl groups excluding tert-OH is 9. The third kappa shape index (κ3) is 7.49. The van der Waals surface area contributed by atoms with Crippen LogP contribution in [-0.4, -0.2) is 169 Å². The largest absolute Gasteiger partial charge is 0.481 e. The van der Waals surface area contributed by atoms with E-state index < -0.39 is 116 Å². The van der Waals surface area contributed by atoms with Crippen molar-refractivity contribution < 1.29 is 84.3 Å². The number of fused-ring (bicyclic) bond motifs is 7. The molecule has 0 amide bonds. The number of aliphatic carboxylic acids is 1. The normalized spacial score (nSPS) is 55.0. The zero-order valence-electron chi connectivity index (χ0n) is 38.5. The molecule has 3 heterocycles. The average Bonchev–Trinajstić information content (AvgIpc) is 3.24. The van der Waals surface area contributed by atoms with Crippen molar-refractivity contribution in [3.63, 3.8) is 0 Å². The van der Waals surface area contributed by atoms with Crippen LogP contribution >= 0.6 is 0 Å². The molecule has 0 spiro atoms. The van der Waals surface area contributed by atoms with Crippen LogP contribution in [0.25, 0.3) is 0 Å². The fourth-order valence-corrected chi connectivity index (χ4v) is 14.8. The van der Waals surface area contributed by atoms with Crippen LogP contribution < -0.4 is 0 Å². The molecule has 8 aliphatic rings. The van der Waals surface area contributed by atoms with Crippen LogP contribution in [0, 0.1) is 50.2 Å². The quantitative estimate of drug-likeness (QED) is 0.116. The molecule has 8 rings (SSSR count). The van der Waals surface area contributed by atoms with Crippen molar-refractivity contribution in [1.29, 1.82) is 0 Å². The lowest BCUT2D eigenvalue weighted by Gasteiger charge is -2.71. The summed E-state index contributed by atoms with van der Waals surface area (Å²) in [5.41, 5.74) is -0.704. The topological polar surface area (TPSA) is 275 Å². The molecule has 366 valence electrons. The first-order chi connectivity index (χ1) is 29.9. The molecule has 0 aromatic rings. The van der Waals surface area contributed by atoms with Gasteiger partial charge >= 0.3 is 5.97 Å². The molecule has 64 heavy (non-hydrogen) atoms. The molecule has 0 bridgehead atoms. The molecule has 0 aromatic heterocycles. The fraction of sp³-hybridized carbons (Fsp3) is 0.936. The van der Waals surface area contributed by atoms with Gasteiger partial charge in [-0.05, 0) is 111 Å². The molecule has 23 atom stereocenters. The lowest BCUT2D eigenvalue weighted by atomic mass is 9.33. The van der Waals surface area contributed by atoms with Gasteiger partial charge in [0.05, 0.1) is 37.4 Å². The highest BCUT2D eigenvalue weighted by molar-refractivity contribution is 5.76. The summed E-state index contributed by atoms with van der Waals surface area (Å²) in [7, 11) is 0. The Morgan fingerprint density at radius 3 is 2.03 bits per heavy atom. The van der Waals surface area contributed by atoms with Crippen molar-refractivity contribution >= 4 is 5.97 Å². The van der Waals surface area contributed by atoms with E-state index in [2.05, 4.69) is 40.7 Å². The van der Waals surface area contributed by atoms with Crippen LogP contribution in [0.4, 0.5) is 0 Å². The van der Waals surface area contributed by atoms with E-state index in [0.717, 1.165) is 44.9 Å². The molecule has 17 heteroatoms. The third-order valence-electron chi connectivity index (χ3n) is 19.1. The van der Waals surface area contributed by atoms with Crippen molar-refractivity contribution in [3.05, 3.63) is 11.6 Å². The number of hydrogen-bond donors (Lipinski definition) is 10. The Kier molecular flexibility index (Phi) is 13.2. The first kappa shape index (κ1) is 49.0. The van der Waals surface area contributed by atoms with Gasteiger partial charge < -0.3 is 79.5 Å². The molecule has 17 nitrogen and oxygen atoms in total. The summed E-state index contributed by atoms with van der Waals surface area (Å²) in [5.74, 6) is -0.441. The van der Waals surface area contributed by atoms with E-state index in [1.807, 2.05) is 6.92 Å². The molecule has 3 aliphatic heterocycles. The van der Waals surface area contributed by atoms with Crippen LogP contribution in [0.2, 0.25) is 0 Å². The van der Waals surface area contributed by atoms with Crippen molar-refractivity contribution in [2.24, 2.45) is 50.2 Å². The number of ether oxygens (including phenoxy) is 6. The Bertz CT molecular complexity index is 1750. The second kappa shape index (κ2) is 17.2. The summed E-state index contributed by atoms with van der Waals surface area (Å²) in [6.45, 7) is 14.0. The standard InChI is InChI=1S/C47H76O17/c1-22-30(50)33(53)35(55)38(60-22)64-37-32(52)26(62-39-36(56)34(54)31(51)25(19-48)61-39)20-59-40(37)63-29-11-12-43(4)27(44(29,5)21-49)10-13-46(7)28(43)9-8-23-24-18-42(2,3)14-16-47(24,41(57)58)17-15-45(23,46)6/h8,22,24-40,48-56H,9-21H2,1-7H3,(H,57,58)/t22-,24+,25+,26-,27+,28-,29-,30-,31+,32+,33-,34-,35-,36+,37+,38+,39-,40+,43+,44-,45+,46-,47-/m1/s1. The summed E-state index contributed by atoms with van der Waals surface area (Å²) in [4.78, 5) is 13.1. The first-order valence-corrected chi connectivity index (χ1v) is 23.7. The van der Waals surface area contributed by atoms with Crippen LogP contribution in [-0.2, 0) is 33.2 Å². The molecule has 7 fully saturated rings. The second-order valence-electron chi connectivity index (χ2n) is 22.9. The van der Waals surface area contributed by atoms with Gasteiger partial charge in [-0.1, -0.05) is 53.2 Å². The van der Waals surface area contributed by atoms with Gasteiger partial charge in [0.25, 0.3) is 0 Å². The molecular weight excluding hydrogens is 837 g/mol. The van der Waals surface area contributed by atoms with Crippen molar-refractivity contribution in [3.8, 4) is 0 Å². The Labute approximate surface area is 376 Å². The molecule has 3 saturated heterocycles. The number of carboxylic acids is 1. The minimum absolute atomic E-state index is 0.00757. The summed E-state index contributed by atoms with van der Waals surface area (Å²) >= 11 is 0. The summed E-state index contributed by atoms with van der Waals surface area (Å²) in [5, 5.41) is 108. The molecule has 0 unspecified atom stereocenters. The number of aliphatic hydroxyl groups is 9. The maximum Gasteiger partial charge on any atom is 0.310 e. The maximum atomic E-state index is 13.1. The van der Waals surface area contributed by atoms with Crippen molar-refractivity contribution in [2.75, 3.05) is 19.8 Å². The highest BCUT2D eigenvalue weighted by Crippen LogP contribution is 2.76. The van der Waals surface area contributed by atoms with Crippen molar-refractivity contribution in [1.82, 2.24) is 0 Å². The smallest absolute Gasteiger partial charge is 0.310 e. The van der Waals surface area contributed by atoms with Gasteiger partial charge in [0.15, 0.2) is 18.9 Å². The van der Waals surface area contributed by atoms with Gasteiger partial charge in [-0.15, -0.1) is 0 Å². The number of rotatable bonds is 9. The zero-order chi connectivity index (χ0) is 46.7. The molecule has 10 N–H and O–H groups in total. The van der Waals surface area contributed by atoms with Gasteiger partial charge in [-0.3, -0.25) is 4.79 Å². The Hall–Kier alpha value is -1.39. The highest BCUT2D eigenvalue weighted by Gasteiger charge is 2.70. The predicted molar refractivity (Wildman–Crippen MR) is 225 cm³/mol. The molecule has 0 radical (unpaired) electrons. The third-order valence-corrected chi connectivity index (χ3v) is 19.1. The van der Waals surface area contributed by atoms with E-state index in [9.17, 15) is 55.9 Å². The highest BCUT2D eigenvalue weighted by atomic mass is 16.8. The predicted octanol–water partition coefficient (Wildman–Crippen LogP) is 1.35. The second-order valence-corrected chi connectivity index (χ2v) is 22.9. The minimum atomic E-state index is -1.77. The minimum Gasteiger partial charge on any atom is -0.481 e. The van der Waals surface area contributed by atoms with Crippen molar-refractivity contribution in [2.45, 2.75) is 205 Å². The lowest BCUT2D eigenvalue weighted by Crippen LogP contribution is -2.67. The van der Waals surface area contributed by atoms with Crippen LogP contribution in [0.3, 0.4) is 0 Å². The molecule has 5 aliphatic carbocycles. The molecule has 4 saturated carbocycles. The van der Waals surface area contributed by atoms with E-state index in [-0.39, 0.29) is 52.6 Å². The number of carboxylic acid groups (broad SMARTS) is 1. The van der Waals surface area contributed by atoms with E-state index in [1.165, 1.54) is 12.5 Å². The number of allylic oxidation sites excluding steroid dienone is 2. The number of hydrogen-bond acceptors (Lipinski definition) is 16. The van der Waals surface area contributed by atoms with Crippen LogP contribution in [0.1, 0.15) is 113 Å². The van der Waals surface area contributed by atoms with E-state index in [0.29, 0.717) is 19.3 Å². The summed E-state index contributed by atoms with van der Waals surface area (Å²) in [6, 6.07) is 0. The van der Waals surface area contributed by atoms with Gasteiger partial charge in [-0.25, -0.2) is 0 Å².